The molecule has 33 heavy (non-hydrogen) atoms. The first-order valence-electron chi connectivity index (χ1n) is 10.7. The highest BCUT2D eigenvalue weighted by Gasteiger charge is 2.43. The highest BCUT2D eigenvalue weighted by Crippen LogP contribution is 2.39. The number of nitrogens with zero attached hydrogens (tertiary/aromatic N) is 2. The van der Waals surface area contributed by atoms with E-state index in [2.05, 4.69) is 15.2 Å². The van der Waals surface area contributed by atoms with Gasteiger partial charge >= 0.3 is 0 Å². The largest absolute Gasteiger partial charge is 0.478 e. The minimum absolute atomic E-state index is 0.00613. The number of nitrogens with one attached hydrogen (secondary N) is 1. The van der Waals surface area contributed by atoms with Crippen LogP contribution < -0.4 is 20.1 Å². The number of hydrogen-bond donors (Lipinski definition) is 2. The molecule has 0 saturated carbocycles. The second kappa shape index (κ2) is 8.94. The van der Waals surface area contributed by atoms with Crippen molar-refractivity contribution in [2.45, 2.75) is 68.2 Å². The Balaban J connectivity index is 1.40. The fourth-order valence-corrected chi connectivity index (χ4v) is 5.35. The number of nitrogens with two attached hydrogens (primary N) is 1. The van der Waals surface area contributed by atoms with E-state index < -0.39 is 15.6 Å². The van der Waals surface area contributed by atoms with Gasteiger partial charge in [-0.15, -0.1) is 0 Å². The summed E-state index contributed by atoms with van der Waals surface area (Å²) < 4.78 is 28.9. The van der Waals surface area contributed by atoms with Crippen LogP contribution in [0.25, 0.3) is 0 Å². The smallest absolute Gasteiger partial charge is 0.263 e. The van der Waals surface area contributed by atoms with E-state index in [0.717, 1.165) is 31.5 Å². The number of aromatic nitrogens is 1. The molecule has 0 radical (unpaired) electrons. The molecule has 178 valence electrons. The normalized spacial score (nSPS) is 22.8. The summed E-state index contributed by atoms with van der Waals surface area (Å²) in [7, 11) is -3.78. The van der Waals surface area contributed by atoms with Crippen molar-refractivity contribution in [1.82, 2.24) is 10.3 Å². The fraction of sp³-hybridized carbons (Fsp3) is 0.455. The van der Waals surface area contributed by atoms with Crippen LogP contribution in [0.3, 0.4) is 0 Å². The second-order valence-corrected chi connectivity index (χ2v) is 11.4. The van der Waals surface area contributed by atoms with Crippen molar-refractivity contribution in [1.29, 1.82) is 0 Å². The monoisotopic (exact) mass is 512 g/mol. The Morgan fingerprint density at radius 1 is 1.15 bits per heavy atom. The molecule has 1 amide bonds. The van der Waals surface area contributed by atoms with Gasteiger partial charge in [0.05, 0.1) is 10.0 Å². The van der Waals surface area contributed by atoms with Crippen LogP contribution in [0.2, 0.25) is 10.0 Å². The zero-order valence-electron chi connectivity index (χ0n) is 18.3. The maximum atomic E-state index is 13.0. The number of halogens is 2. The van der Waals surface area contributed by atoms with Crippen molar-refractivity contribution in [2.24, 2.45) is 5.14 Å². The molecule has 0 spiro atoms. The molecule has 1 aromatic carbocycles. The molecule has 0 aliphatic carbocycles. The highest BCUT2D eigenvalue weighted by atomic mass is 35.5. The van der Waals surface area contributed by atoms with Gasteiger partial charge in [0, 0.05) is 30.4 Å². The number of sulfonamides is 1. The van der Waals surface area contributed by atoms with E-state index in [9.17, 15) is 13.2 Å². The molecule has 11 heteroatoms. The number of carbonyl (C=O) groups excluding carboxylic acids is 1. The molecule has 2 saturated heterocycles. The standard InChI is InChI=1S/C22H26Cl2N4O4S/c1-22(2,32-16-5-7-18(23)19(24)11-16)21(29)27-13-9-14-3-4-15(10-13)28(14)20-8-6-17(12-26-20)33(25,30)31/h5-8,11-15H,3-4,9-10H2,1-2H3,(H,27,29)(H2,25,30,31)/t13-,14+,15-. The van der Waals surface area contributed by atoms with Gasteiger partial charge in [-0.1, -0.05) is 23.2 Å². The molecule has 2 fully saturated rings. The highest BCUT2D eigenvalue weighted by molar-refractivity contribution is 7.89. The number of primary sulfonamides is 1. The number of piperidine rings is 1. The van der Waals surface area contributed by atoms with E-state index in [4.69, 9.17) is 33.1 Å². The summed E-state index contributed by atoms with van der Waals surface area (Å²) in [6.07, 6.45) is 4.80. The first-order chi connectivity index (χ1) is 15.4. The van der Waals surface area contributed by atoms with Crippen molar-refractivity contribution in [3.63, 3.8) is 0 Å². The van der Waals surface area contributed by atoms with Crippen LogP contribution in [0.4, 0.5) is 5.82 Å². The quantitative estimate of drug-likeness (QED) is 0.611. The van der Waals surface area contributed by atoms with Crippen molar-refractivity contribution < 1.29 is 17.9 Å². The summed E-state index contributed by atoms with van der Waals surface area (Å²) in [6.45, 7) is 3.43. The van der Waals surface area contributed by atoms with Crippen LogP contribution in [0.15, 0.2) is 41.4 Å². The van der Waals surface area contributed by atoms with Gasteiger partial charge in [-0.2, -0.15) is 0 Å². The van der Waals surface area contributed by atoms with E-state index in [-0.39, 0.29) is 28.9 Å². The van der Waals surface area contributed by atoms with Gasteiger partial charge < -0.3 is 15.0 Å². The van der Waals surface area contributed by atoms with E-state index in [0.29, 0.717) is 15.8 Å². The maximum absolute atomic E-state index is 13.0. The summed E-state index contributed by atoms with van der Waals surface area (Å²) in [5, 5.41) is 9.09. The van der Waals surface area contributed by atoms with Crippen molar-refractivity contribution in [2.75, 3.05) is 4.90 Å². The Kier molecular flexibility index (Phi) is 6.52. The molecule has 3 heterocycles. The first kappa shape index (κ1) is 24.1. The van der Waals surface area contributed by atoms with Crippen LogP contribution >= 0.6 is 23.2 Å². The third-order valence-electron chi connectivity index (χ3n) is 6.19. The summed E-state index contributed by atoms with van der Waals surface area (Å²) in [4.78, 5) is 19.6. The van der Waals surface area contributed by atoms with Gasteiger partial charge in [0.2, 0.25) is 10.0 Å². The number of pyridine rings is 1. The van der Waals surface area contributed by atoms with E-state index >= 15 is 0 Å². The Morgan fingerprint density at radius 2 is 1.82 bits per heavy atom. The second-order valence-electron chi connectivity index (χ2n) is 9.02. The molecule has 2 aliphatic rings. The molecule has 2 bridgehead atoms. The molecule has 8 nitrogen and oxygen atoms in total. The van der Waals surface area contributed by atoms with Crippen LogP contribution in [0.5, 0.6) is 5.75 Å². The molecule has 2 aliphatic heterocycles. The number of amides is 1. The Bertz CT molecular complexity index is 1140. The molecule has 4 rings (SSSR count). The van der Waals surface area contributed by atoms with E-state index in [1.165, 1.54) is 12.3 Å². The van der Waals surface area contributed by atoms with Gasteiger partial charge in [-0.25, -0.2) is 18.5 Å². The Hall–Kier alpha value is -2.07. The number of benzene rings is 1. The van der Waals surface area contributed by atoms with Crippen molar-refractivity contribution in [3.05, 3.63) is 46.6 Å². The molecule has 0 unspecified atom stereocenters. The lowest BCUT2D eigenvalue weighted by Crippen LogP contribution is -2.55. The molecule has 2 aromatic rings. The molecule has 3 atom stereocenters. The lowest BCUT2D eigenvalue weighted by Gasteiger charge is -2.40. The van der Waals surface area contributed by atoms with Gasteiger partial charge in [0.15, 0.2) is 5.60 Å². The number of rotatable bonds is 6. The number of carbonyl (C=O) groups is 1. The van der Waals surface area contributed by atoms with Crippen LogP contribution in [0, 0.1) is 0 Å². The topological polar surface area (TPSA) is 115 Å². The lowest BCUT2D eigenvalue weighted by molar-refractivity contribution is -0.135. The van der Waals surface area contributed by atoms with Gasteiger partial charge in [-0.3, -0.25) is 4.79 Å². The van der Waals surface area contributed by atoms with Crippen molar-refractivity contribution >= 4 is 45.0 Å². The average Bonchev–Trinajstić information content (AvgIpc) is 3.00. The third kappa shape index (κ3) is 5.21. The molecular formula is C22H26Cl2N4O4S. The van der Waals surface area contributed by atoms with E-state index in [1.54, 1.807) is 38.1 Å². The Morgan fingerprint density at radius 3 is 2.36 bits per heavy atom. The summed E-state index contributed by atoms with van der Waals surface area (Å²) in [5.41, 5.74) is -1.10. The minimum Gasteiger partial charge on any atom is -0.478 e. The van der Waals surface area contributed by atoms with Crippen molar-refractivity contribution in [3.8, 4) is 5.75 Å². The fourth-order valence-electron chi connectivity index (χ4n) is 4.60. The van der Waals surface area contributed by atoms with Gasteiger partial charge in [-0.05, 0) is 63.8 Å². The number of anilines is 1. The zero-order chi connectivity index (χ0) is 24.0. The summed E-state index contributed by atoms with van der Waals surface area (Å²) in [6, 6.07) is 8.49. The predicted molar refractivity (Wildman–Crippen MR) is 127 cm³/mol. The average molecular weight is 513 g/mol. The van der Waals surface area contributed by atoms with Gasteiger partial charge in [0.25, 0.3) is 5.91 Å². The van der Waals surface area contributed by atoms with Crippen LogP contribution in [-0.4, -0.2) is 43.0 Å². The van der Waals surface area contributed by atoms with Gasteiger partial charge in [0.1, 0.15) is 16.5 Å². The Labute approximate surface area is 203 Å². The summed E-state index contributed by atoms with van der Waals surface area (Å²) >= 11 is 12.0. The number of ether oxygens (including phenoxy) is 1. The van der Waals surface area contributed by atoms with Crippen LogP contribution in [-0.2, 0) is 14.8 Å². The molecular weight excluding hydrogens is 487 g/mol. The summed E-state index contributed by atoms with van der Waals surface area (Å²) in [5.74, 6) is 0.985. The molecule has 1 aromatic heterocycles. The number of hydrogen-bond acceptors (Lipinski definition) is 6. The third-order valence-corrected chi connectivity index (χ3v) is 7.83. The maximum Gasteiger partial charge on any atom is 0.263 e. The molecule has 3 N–H and O–H groups in total. The minimum atomic E-state index is -3.78. The zero-order valence-corrected chi connectivity index (χ0v) is 20.6. The SMILES string of the molecule is CC(C)(Oc1ccc(Cl)c(Cl)c1)C(=O)N[C@H]1C[C@H]2CC[C@@H](C1)N2c1ccc(S(N)(=O)=O)cn1. The predicted octanol–water partition coefficient (Wildman–Crippen LogP) is 3.51. The van der Waals surface area contributed by atoms with E-state index in [1.807, 2.05) is 0 Å². The number of fused-ring (bicyclic) bond motifs is 2. The van der Waals surface area contributed by atoms with Crippen LogP contribution in [0.1, 0.15) is 39.5 Å². The lowest BCUT2D eigenvalue weighted by atomic mass is 9.96. The first-order valence-corrected chi connectivity index (χ1v) is 13.0.